The van der Waals surface area contributed by atoms with E-state index in [1.54, 1.807) is 12.7 Å². The lowest BCUT2D eigenvalue weighted by Crippen LogP contribution is -2.21. The van der Waals surface area contributed by atoms with Crippen molar-refractivity contribution in [3.8, 4) is 11.5 Å². The van der Waals surface area contributed by atoms with Gasteiger partial charge in [-0.25, -0.2) is 0 Å². The Balaban J connectivity index is 1.41. The Morgan fingerprint density at radius 1 is 0.933 bits per heavy atom. The van der Waals surface area contributed by atoms with Crippen molar-refractivity contribution in [1.29, 1.82) is 0 Å². The van der Waals surface area contributed by atoms with Crippen LogP contribution < -0.4 is 9.47 Å². The molecule has 4 heteroatoms. The van der Waals surface area contributed by atoms with Gasteiger partial charge in [0.15, 0.2) is 11.5 Å². The van der Waals surface area contributed by atoms with Gasteiger partial charge in [0.05, 0.1) is 19.2 Å². The molecule has 2 aliphatic carbocycles. The Kier molecular flexibility index (Phi) is 6.12. The van der Waals surface area contributed by atoms with Gasteiger partial charge in [-0.05, 0) is 81.6 Å². The van der Waals surface area contributed by atoms with E-state index in [-0.39, 0.29) is 0 Å². The molecule has 0 unspecified atom stereocenters. The predicted molar refractivity (Wildman–Crippen MR) is 122 cm³/mol. The fourth-order valence-corrected chi connectivity index (χ4v) is 5.87. The van der Waals surface area contributed by atoms with Gasteiger partial charge in [0.25, 0.3) is 0 Å². The molecule has 0 N–H and O–H groups in total. The second-order valence-electron chi connectivity index (χ2n) is 9.41. The molecular formula is C26H36N2O2. The monoisotopic (exact) mass is 408 g/mol. The number of hydrogen-bond acceptors (Lipinski definition) is 4. The molecule has 3 aliphatic rings. The number of methoxy groups -OCH3 is 1. The zero-order chi connectivity index (χ0) is 20.3. The summed E-state index contributed by atoms with van der Waals surface area (Å²) < 4.78 is 11.9. The molecule has 1 saturated carbocycles. The summed E-state index contributed by atoms with van der Waals surface area (Å²) in [7, 11) is 1.75. The molecule has 5 rings (SSSR count). The number of hydrogen-bond donors (Lipinski definition) is 0. The first-order chi connectivity index (χ1) is 14.8. The van der Waals surface area contributed by atoms with Gasteiger partial charge in [-0.15, -0.1) is 0 Å². The number of aromatic nitrogens is 1. The molecule has 0 bridgehead atoms. The van der Waals surface area contributed by atoms with Gasteiger partial charge in [-0.3, -0.25) is 4.98 Å². The zero-order valence-electron chi connectivity index (χ0n) is 18.5. The number of nitrogens with zero attached hydrogens (tertiary/aromatic N) is 2. The summed E-state index contributed by atoms with van der Waals surface area (Å²) >= 11 is 0. The molecular weight excluding hydrogens is 372 g/mol. The lowest BCUT2D eigenvalue weighted by atomic mass is 9.84. The molecule has 0 atom stereocenters. The molecule has 2 aromatic rings. The number of likely N-dealkylation sites (tertiary alicyclic amines) is 1. The van der Waals surface area contributed by atoms with Gasteiger partial charge in [0.1, 0.15) is 0 Å². The molecule has 0 radical (unpaired) electrons. The van der Waals surface area contributed by atoms with E-state index in [1.807, 2.05) is 0 Å². The summed E-state index contributed by atoms with van der Waals surface area (Å²) in [5.74, 6) is 2.36. The van der Waals surface area contributed by atoms with Crippen LogP contribution in [0.15, 0.2) is 12.1 Å². The number of rotatable bonds is 7. The van der Waals surface area contributed by atoms with Crippen molar-refractivity contribution in [2.24, 2.45) is 0 Å². The molecule has 1 aromatic carbocycles. The summed E-state index contributed by atoms with van der Waals surface area (Å²) in [6, 6.07) is 4.34. The molecule has 2 heterocycles. The minimum absolute atomic E-state index is 0.655. The van der Waals surface area contributed by atoms with Gasteiger partial charge in [0.2, 0.25) is 0 Å². The summed E-state index contributed by atoms with van der Waals surface area (Å²) in [5, 5.41) is 1.28. The van der Waals surface area contributed by atoms with Crippen LogP contribution in [-0.2, 0) is 12.8 Å². The highest BCUT2D eigenvalue weighted by Crippen LogP contribution is 2.42. The van der Waals surface area contributed by atoms with Crippen LogP contribution in [0.2, 0.25) is 0 Å². The number of ether oxygens (including phenoxy) is 2. The minimum Gasteiger partial charge on any atom is -0.493 e. The topological polar surface area (TPSA) is 34.6 Å². The van der Waals surface area contributed by atoms with Crippen molar-refractivity contribution in [2.45, 2.75) is 76.5 Å². The van der Waals surface area contributed by atoms with Crippen molar-refractivity contribution in [3.05, 3.63) is 29.0 Å². The maximum atomic E-state index is 6.21. The van der Waals surface area contributed by atoms with Crippen LogP contribution in [0, 0.1) is 0 Å². The average Bonchev–Trinajstić information content (AvgIpc) is 3.48. The van der Waals surface area contributed by atoms with Crippen molar-refractivity contribution in [3.63, 3.8) is 0 Å². The van der Waals surface area contributed by atoms with Crippen molar-refractivity contribution >= 4 is 10.9 Å². The van der Waals surface area contributed by atoms with Crippen LogP contribution >= 0.6 is 0 Å². The van der Waals surface area contributed by atoms with E-state index in [0.717, 1.165) is 36.6 Å². The highest BCUT2D eigenvalue weighted by atomic mass is 16.5. The lowest BCUT2D eigenvalue weighted by Gasteiger charge is -2.24. The second-order valence-corrected chi connectivity index (χ2v) is 9.41. The van der Waals surface area contributed by atoms with Crippen LogP contribution in [0.3, 0.4) is 0 Å². The third-order valence-corrected chi connectivity index (χ3v) is 7.44. The molecule has 1 aromatic heterocycles. The van der Waals surface area contributed by atoms with Gasteiger partial charge < -0.3 is 14.4 Å². The van der Waals surface area contributed by atoms with E-state index >= 15 is 0 Å². The van der Waals surface area contributed by atoms with Gasteiger partial charge >= 0.3 is 0 Å². The second kappa shape index (κ2) is 9.13. The largest absolute Gasteiger partial charge is 0.493 e. The van der Waals surface area contributed by atoms with Crippen LogP contribution in [0.1, 0.15) is 80.5 Å². The predicted octanol–water partition coefficient (Wildman–Crippen LogP) is 5.64. The van der Waals surface area contributed by atoms with E-state index in [9.17, 15) is 0 Å². The van der Waals surface area contributed by atoms with E-state index in [2.05, 4.69) is 17.0 Å². The number of fused-ring (bicyclic) bond motifs is 3. The molecule has 162 valence electrons. The minimum atomic E-state index is 0.655. The number of benzene rings is 1. The van der Waals surface area contributed by atoms with E-state index in [0.29, 0.717) is 5.92 Å². The fourth-order valence-electron chi connectivity index (χ4n) is 5.87. The van der Waals surface area contributed by atoms with Gasteiger partial charge in [-0.2, -0.15) is 0 Å². The van der Waals surface area contributed by atoms with Crippen molar-refractivity contribution in [1.82, 2.24) is 9.88 Å². The van der Waals surface area contributed by atoms with Crippen LogP contribution in [0.25, 0.3) is 10.9 Å². The van der Waals surface area contributed by atoms with Crippen molar-refractivity contribution < 1.29 is 9.47 Å². The maximum absolute atomic E-state index is 6.21. The summed E-state index contributed by atoms with van der Waals surface area (Å²) in [4.78, 5) is 7.80. The van der Waals surface area contributed by atoms with Gasteiger partial charge in [0, 0.05) is 29.6 Å². The first-order valence-corrected chi connectivity index (χ1v) is 12.2. The third kappa shape index (κ3) is 4.03. The highest BCUT2D eigenvalue weighted by Gasteiger charge is 2.26. The molecule has 1 aliphatic heterocycles. The third-order valence-electron chi connectivity index (χ3n) is 7.44. The maximum Gasteiger partial charge on any atom is 0.163 e. The Morgan fingerprint density at radius 2 is 1.73 bits per heavy atom. The van der Waals surface area contributed by atoms with Gasteiger partial charge in [-0.1, -0.05) is 19.3 Å². The van der Waals surface area contributed by atoms with Crippen LogP contribution in [-0.4, -0.2) is 43.2 Å². The first kappa shape index (κ1) is 20.1. The lowest BCUT2D eigenvalue weighted by molar-refractivity contribution is 0.254. The Labute approximate surface area is 181 Å². The van der Waals surface area contributed by atoms with E-state index < -0.39 is 0 Å². The highest BCUT2D eigenvalue weighted by molar-refractivity contribution is 5.87. The molecule has 1 saturated heterocycles. The van der Waals surface area contributed by atoms with Crippen LogP contribution in [0.4, 0.5) is 0 Å². The Morgan fingerprint density at radius 3 is 2.53 bits per heavy atom. The quantitative estimate of drug-likeness (QED) is 0.555. The molecule has 2 fully saturated rings. The number of aryl methyl sites for hydroxylation is 1. The summed E-state index contributed by atoms with van der Waals surface area (Å²) in [6.45, 7) is 4.36. The van der Waals surface area contributed by atoms with Crippen molar-refractivity contribution in [2.75, 3.05) is 33.4 Å². The fraction of sp³-hybridized carbons (Fsp3) is 0.654. The Hall–Kier alpha value is -1.81. The molecule has 30 heavy (non-hydrogen) atoms. The number of pyridine rings is 1. The molecule has 0 spiro atoms. The summed E-state index contributed by atoms with van der Waals surface area (Å²) in [5.41, 5.74) is 5.58. The van der Waals surface area contributed by atoms with Crippen LogP contribution in [0.5, 0.6) is 11.5 Å². The average molecular weight is 409 g/mol. The standard InChI is InChI=1S/C26H36N2O2/c1-29-24-17-22-20-11-7-12-21(20)26(19-9-3-2-4-10-19)27-23(22)18-25(24)30-16-8-15-28-13-5-6-14-28/h17-19H,2-16H2,1H3. The molecule has 4 nitrogen and oxygen atoms in total. The zero-order valence-corrected chi connectivity index (χ0v) is 18.5. The SMILES string of the molecule is COc1cc2c3c(c(C4CCCCC4)nc2cc1OCCCN1CCCC1)CCC3. The van der Waals surface area contributed by atoms with E-state index in [1.165, 1.54) is 93.9 Å². The molecule has 0 amide bonds. The summed E-state index contributed by atoms with van der Waals surface area (Å²) in [6.07, 6.45) is 14.1. The normalized spacial score (nSPS) is 20.0. The smallest absolute Gasteiger partial charge is 0.163 e. The van der Waals surface area contributed by atoms with E-state index in [4.69, 9.17) is 14.5 Å². The first-order valence-electron chi connectivity index (χ1n) is 12.2. The Bertz CT molecular complexity index is 882.